The van der Waals surface area contributed by atoms with Crippen LogP contribution in [0.15, 0.2) is 18.2 Å². The van der Waals surface area contributed by atoms with Crippen LogP contribution >= 0.6 is 0 Å². The molecule has 0 bridgehead atoms. The Morgan fingerprint density at radius 1 is 1.50 bits per heavy atom. The number of benzene rings is 1. The van der Waals surface area contributed by atoms with E-state index >= 15 is 0 Å². The lowest BCUT2D eigenvalue weighted by atomic mass is 10.1. The number of alkyl halides is 2. The molecule has 0 aliphatic rings. The normalized spacial score (nSPS) is 10.6. The van der Waals surface area contributed by atoms with Crippen molar-refractivity contribution >= 4 is 17.3 Å². The minimum Gasteiger partial charge on any atom is -0.393 e. The van der Waals surface area contributed by atoms with E-state index in [0.717, 1.165) is 6.07 Å². The van der Waals surface area contributed by atoms with E-state index in [-0.39, 0.29) is 30.1 Å². The largest absolute Gasteiger partial charge is 0.393 e. The first-order chi connectivity index (χ1) is 9.41. The predicted molar refractivity (Wildman–Crippen MR) is 66.7 cm³/mol. The zero-order chi connectivity index (χ0) is 15.1. The molecule has 0 radical (unpaired) electrons. The van der Waals surface area contributed by atoms with Gasteiger partial charge in [-0.2, -0.15) is 0 Å². The summed E-state index contributed by atoms with van der Waals surface area (Å²) in [4.78, 5) is 21.6. The van der Waals surface area contributed by atoms with Gasteiger partial charge < -0.3 is 15.8 Å². The summed E-state index contributed by atoms with van der Waals surface area (Å²) in [7, 11) is 0. The minimum absolute atomic E-state index is 0.0176. The summed E-state index contributed by atoms with van der Waals surface area (Å²) < 4.78 is 28.1. The van der Waals surface area contributed by atoms with E-state index in [1.807, 2.05) is 0 Å². The number of ether oxygens (including phenoxy) is 1. The summed E-state index contributed by atoms with van der Waals surface area (Å²) in [6.45, 7) is -0.764. The van der Waals surface area contributed by atoms with Gasteiger partial charge in [-0.3, -0.25) is 14.9 Å². The molecule has 110 valence electrons. The quantitative estimate of drug-likeness (QED) is 0.339. The van der Waals surface area contributed by atoms with Crippen molar-refractivity contribution in [2.45, 2.75) is 6.43 Å². The Hall–Kier alpha value is -2.29. The fourth-order valence-corrected chi connectivity index (χ4v) is 1.35. The molecule has 1 rings (SSSR count). The Balaban J connectivity index is 2.51. The van der Waals surface area contributed by atoms with Crippen LogP contribution in [0, 0.1) is 10.1 Å². The summed E-state index contributed by atoms with van der Waals surface area (Å²) in [5.74, 6) is -0.575. The number of carbonyl (C=O) groups is 1. The van der Waals surface area contributed by atoms with Crippen LogP contribution in [0.3, 0.4) is 0 Å². The van der Waals surface area contributed by atoms with Gasteiger partial charge in [0, 0.05) is 18.2 Å². The van der Waals surface area contributed by atoms with Crippen molar-refractivity contribution < 1.29 is 23.2 Å². The van der Waals surface area contributed by atoms with Crippen LogP contribution in [0.1, 0.15) is 10.4 Å². The molecule has 0 aromatic heterocycles. The van der Waals surface area contributed by atoms with Gasteiger partial charge in [0.2, 0.25) is 0 Å². The second-order valence-electron chi connectivity index (χ2n) is 3.75. The van der Waals surface area contributed by atoms with E-state index < -0.39 is 23.9 Å². The highest BCUT2D eigenvalue weighted by atomic mass is 19.3. The van der Waals surface area contributed by atoms with E-state index in [0.29, 0.717) is 0 Å². The van der Waals surface area contributed by atoms with Crippen LogP contribution in [0.2, 0.25) is 0 Å². The SMILES string of the molecule is Nc1ccc(C(=O)NCCOCC(F)F)cc1[N+](=O)[O-]. The van der Waals surface area contributed by atoms with Crippen LogP contribution in [0.25, 0.3) is 0 Å². The van der Waals surface area contributed by atoms with Crippen molar-refractivity contribution in [1.29, 1.82) is 0 Å². The fourth-order valence-electron chi connectivity index (χ4n) is 1.35. The first-order valence-electron chi connectivity index (χ1n) is 5.60. The van der Waals surface area contributed by atoms with Gasteiger partial charge in [-0.15, -0.1) is 0 Å². The zero-order valence-corrected chi connectivity index (χ0v) is 10.3. The second kappa shape index (κ2) is 7.34. The van der Waals surface area contributed by atoms with Gasteiger partial charge in [0.1, 0.15) is 12.3 Å². The molecule has 0 fully saturated rings. The number of nitrogen functional groups attached to an aromatic ring is 1. The summed E-state index contributed by atoms with van der Waals surface area (Å²) >= 11 is 0. The third-order valence-electron chi connectivity index (χ3n) is 2.27. The van der Waals surface area contributed by atoms with Crippen molar-refractivity contribution in [3.63, 3.8) is 0 Å². The van der Waals surface area contributed by atoms with E-state index in [9.17, 15) is 23.7 Å². The van der Waals surface area contributed by atoms with Gasteiger partial charge in [0.25, 0.3) is 18.0 Å². The first kappa shape index (κ1) is 15.8. The van der Waals surface area contributed by atoms with Crippen LogP contribution < -0.4 is 11.1 Å². The van der Waals surface area contributed by atoms with Gasteiger partial charge in [0.15, 0.2) is 0 Å². The molecule has 1 amide bonds. The van der Waals surface area contributed by atoms with Gasteiger partial charge in [-0.1, -0.05) is 0 Å². The van der Waals surface area contributed by atoms with Gasteiger partial charge >= 0.3 is 0 Å². The Morgan fingerprint density at radius 2 is 2.20 bits per heavy atom. The number of anilines is 1. The second-order valence-corrected chi connectivity index (χ2v) is 3.75. The van der Waals surface area contributed by atoms with Gasteiger partial charge in [0.05, 0.1) is 11.5 Å². The maximum Gasteiger partial charge on any atom is 0.292 e. The fraction of sp³-hybridized carbons (Fsp3) is 0.364. The Bertz CT molecular complexity index is 497. The molecule has 1 aromatic rings. The number of amides is 1. The van der Waals surface area contributed by atoms with Crippen molar-refractivity contribution in [2.75, 3.05) is 25.5 Å². The summed E-state index contributed by atoms with van der Waals surface area (Å²) in [5.41, 5.74) is 5.03. The minimum atomic E-state index is -2.56. The third kappa shape index (κ3) is 4.76. The number of nitrogens with zero attached hydrogens (tertiary/aromatic N) is 1. The highest BCUT2D eigenvalue weighted by Crippen LogP contribution is 2.22. The number of halogens is 2. The standard InChI is InChI=1S/C11H13F2N3O4/c12-10(13)6-20-4-3-15-11(17)7-1-2-8(14)9(5-7)16(18)19/h1-2,5,10H,3-4,6,14H2,(H,15,17). The Morgan fingerprint density at radius 3 is 2.80 bits per heavy atom. The average molecular weight is 289 g/mol. The molecule has 0 saturated heterocycles. The van der Waals surface area contributed by atoms with Crippen molar-refractivity contribution in [1.82, 2.24) is 5.32 Å². The smallest absolute Gasteiger partial charge is 0.292 e. The monoisotopic (exact) mass is 289 g/mol. The topological polar surface area (TPSA) is 107 Å². The highest BCUT2D eigenvalue weighted by molar-refractivity contribution is 5.95. The Kier molecular flexibility index (Phi) is 5.78. The molecule has 0 atom stereocenters. The number of nitro benzene ring substituents is 1. The molecule has 0 heterocycles. The zero-order valence-electron chi connectivity index (χ0n) is 10.3. The summed E-state index contributed by atoms with van der Waals surface area (Å²) in [6.07, 6.45) is -2.56. The van der Waals surface area contributed by atoms with Crippen LogP contribution in [-0.2, 0) is 4.74 Å². The number of nitrogens with one attached hydrogen (secondary N) is 1. The van der Waals surface area contributed by atoms with Crippen molar-refractivity contribution in [2.24, 2.45) is 0 Å². The van der Waals surface area contributed by atoms with Crippen molar-refractivity contribution in [3.8, 4) is 0 Å². The molecule has 0 saturated carbocycles. The molecule has 3 N–H and O–H groups in total. The molecular weight excluding hydrogens is 276 g/mol. The molecule has 7 nitrogen and oxygen atoms in total. The summed E-state index contributed by atoms with van der Waals surface area (Å²) in [6, 6.07) is 3.63. The predicted octanol–water partition coefficient (Wildman–Crippen LogP) is 1.19. The lowest BCUT2D eigenvalue weighted by Gasteiger charge is -2.06. The number of nitro groups is 1. The van der Waals surface area contributed by atoms with E-state index in [2.05, 4.69) is 10.1 Å². The third-order valence-corrected chi connectivity index (χ3v) is 2.27. The lowest BCUT2D eigenvalue weighted by molar-refractivity contribution is -0.383. The molecule has 0 spiro atoms. The number of hydrogen-bond acceptors (Lipinski definition) is 5. The number of carbonyl (C=O) groups excluding carboxylic acids is 1. The highest BCUT2D eigenvalue weighted by Gasteiger charge is 2.15. The van der Waals surface area contributed by atoms with Crippen molar-refractivity contribution in [3.05, 3.63) is 33.9 Å². The first-order valence-corrected chi connectivity index (χ1v) is 5.60. The van der Waals surface area contributed by atoms with Gasteiger partial charge in [-0.05, 0) is 12.1 Å². The summed E-state index contributed by atoms with van der Waals surface area (Å²) in [5, 5.41) is 13.0. The lowest BCUT2D eigenvalue weighted by Crippen LogP contribution is -2.27. The van der Waals surface area contributed by atoms with E-state index in [1.54, 1.807) is 0 Å². The molecule has 20 heavy (non-hydrogen) atoms. The van der Waals surface area contributed by atoms with Crippen LogP contribution in [0.4, 0.5) is 20.2 Å². The number of hydrogen-bond donors (Lipinski definition) is 2. The number of rotatable bonds is 7. The molecule has 0 unspecified atom stereocenters. The maximum absolute atomic E-state index is 11.8. The molecule has 0 aliphatic heterocycles. The Labute approximate surface area is 112 Å². The molecule has 0 aliphatic carbocycles. The molecule has 1 aromatic carbocycles. The van der Waals surface area contributed by atoms with Crippen LogP contribution in [-0.4, -0.2) is 37.0 Å². The van der Waals surface area contributed by atoms with E-state index in [4.69, 9.17) is 5.73 Å². The average Bonchev–Trinajstić information content (AvgIpc) is 2.37. The van der Waals surface area contributed by atoms with Gasteiger partial charge in [-0.25, -0.2) is 8.78 Å². The number of nitrogens with two attached hydrogens (primary N) is 1. The van der Waals surface area contributed by atoms with Crippen LogP contribution in [0.5, 0.6) is 0 Å². The molecular formula is C11H13F2N3O4. The molecule has 9 heteroatoms. The van der Waals surface area contributed by atoms with E-state index in [1.165, 1.54) is 12.1 Å². The maximum atomic E-state index is 11.8.